The van der Waals surface area contributed by atoms with Gasteiger partial charge in [-0.3, -0.25) is 4.79 Å². The summed E-state index contributed by atoms with van der Waals surface area (Å²) in [6, 6.07) is 0. The summed E-state index contributed by atoms with van der Waals surface area (Å²) in [5.74, 6) is 1.92. The van der Waals surface area contributed by atoms with Crippen molar-refractivity contribution in [2.45, 2.75) is 71.3 Å². The molecule has 2 heteroatoms. The second-order valence-corrected chi connectivity index (χ2v) is 6.85. The van der Waals surface area contributed by atoms with Crippen molar-refractivity contribution < 1.29 is 9.53 Å². The minimum Gasteiger partial charge on any atom is -0.460 e. The SMILES string of the molecule is CC(C)(C)OC(=O)C1CCC2CCCCC2C1. The smallest absolute Gasteiger partial charge is 0.309 e. The van der Waals surface area contributed by atoms with E-state index in [-0.39, 0.29) is 17.5 Å². The molecule has 3 atom stereocenters. The lowest BCUT2D eigenvalue weighted by Crippen LogP contribution is -2.35. The lowest BCUT2D eigenvalue weighted by molar-refractivity contribution is -0.162. The van der Waals surface area contributed by atoms with Gasteiger partial charge in [0.15, 0.2) is 0 Å². The van der Waals surface area contributed by atoms with Crippen LogP contribution in [0.25, 0.3) is 0 Å². The average molecular weight is 238 g/mol. The van der Waals surface area contributed by atoms with Gasteiger partial charge < -0.3 is 4.74 Å². The second kappa shape index (κ2) is 4.99. The van der Waals surface area contributed by atoms with Gasteiger partial charge in [0.25, 0.3) is 0 Å². The molecule has 2 fully saturated rings. The summed E-state index contributed by atoms with van der Waals surface area (Å²) in [4.78, 5) is 12.1. The van der Waals surface area contributed by atoms with Crippen molar-refractivity contribution in [1.82, 2.24) is 0 Å². The maximum atomic E-state index is 12.1. The molecule has 17 heavy (non-hydrogen) atoms. The molecule has 0 aromatic heterocycles. The molecule has 0 heterocycles. The molecular weight excluding hydrogens is 212 g/mol. The van der Waals surface area contributed by atoms with Crippen LogP contribution in [-0.4, -0.2) is 11.6 Å². The number of hydrogen-bond donors (Lipinski definition) is 0. The van der Waals surface area contributed by atoms with Gasteiger partial charge in [-0.15, -0.1) is 0 Å². The molecule has 3 unspecified atom stereocenters. The molecular formula is C15H26O2. The van der Waals surface area contributed by atoms with Crippen molar-refractivity contribution in [3.8, 4) is 0 Å². The molecule has 0 amide bonds. The highest BCUT2D eigenvalue weighted by Gasteiger charge is 2.36. The Morgan fingerprint density at radius 1 is 1.00 bits per heavy atom. The minimum atomic E-state index is -0.333. The number of ether oxygens (including phenoxy) is 1. The van der Waals surface area contributed by atoms with Crippen molar-refractivity contribution in [3.05, 3.63) is 0 Å². The molecule has 2 saturated carbocycles. The highest BCUT2D eigenvalue weighted by atomic mass is 16.6. The van der Waals surface area contributed by atoms with Gasteiger partial charge in [-0.1, -0.05) is 25.7 Å². The summed E-state index contributed by atoms with van der Waals surface area (Å²) in [5, 5.41) is 0. The molecule has 98 valence electrons. The van der Waals surface area contributed by atoms with E-state index in [2.05, 4.69) is 0 Å². The van der Waals surface area contributed by atoms with Crippen molar-refractivity contribution in [3.63, 3.8) is 0 Å². The Kier molecular flexibility index (Phi) is 3.79. The van der Waals surface area contributed by atoms with Crippen molar-refractivity contribution in [2.24, 2.45) is 17.8 Å². The first kappa shape index (κ1) is 12.9. The fourth-order valence-corrected chi connectivity index (χ4v) is 3.47. The molecule has 2 aliphatic carbocycles. The molecule has 0 bridgehead atoms. The molecule has 0 aliphatic heterocycles. The zero-order valence-electron chi connectivity index (χ0n) is 11.5. The topological polar surface area (TPSA) is 26.3 Å². The van der Waals surface area contributed by atoms with Gasteiger partial charge >= 0.3 is 5.97 Å². The van der Waals surface area contributed by atoms with Crippen LogP contribution in [0.3, 0.4) is 0 Å². The molecule has 0 radical (unpaired) electrons. The van der Waals surface area contributed by atoms with E-state index in [0.29, 0.717) is 0 Å². The first-order chi connectivity index (χ1) is 7.96. The van der Waals surface area contributed by atoms with Gasteiger partial charge in [0.05, 0.1) is 5.92 Å². The maximum Gasteiger partial charge on any atom is 0.309 e. The fourth-order valence-electron chi connectivity index (χ4n) is 3.47. The van der Waals surface area contributed by atoms with E-state index < -0.39 is 0 Å². The van der Waals surface area contributed by atoms with Crippen LogP contribution in [0.4, 0.5) is 0 Å². The van der Waals surface area contributed by atoms with Crippen LogP contribution in [0, 0.1) is 17.8 Å². The van der Waals surface area contributed by atoms with Crippen molar-refractivity contribution >= 4 is 5.97 Å². The molecule has 2 aliphatic rings. The van der Waals surface area contributed by atoms with E-state index in [1.54, 1.807) is 0 Å². The van der Waals surface area contributed by atoms with Crippen LogP contribution in [0.5, 0.6) is 0 Å². The van der Waals surface area contributed by atoms with Gasteiger partial charge in [0, 0.05) is 0 Å². The number of carbonyl (C=O) groups is 1. The monoisotopic (exact) mass is 238 g/mol. The van der Waals surface area contributed by atoms with Gasteiger partial charge in [0.1, 0.15) is 5.60 Å². The maximum absolute atomic E-state index is 12.1. The number of carbonyl (C=O) groups excluding carboxylic acids is 1. The summed E-state index contributed by atoms with van der Waals surface area (Å²) < 4.78 is 5.52. The van der Waals surface area contributed by atoms with E-state index >= 15 is 0 Å². The largest absolute Gasteiger partial charge is 0.460 e. The highest BCUT2D eigenvalue weighted by molar-refractivity contribution is 5.73. The molecule has 2 nitrogen and oxygen atoms in total. The lowest BCUT2D eigenvalue weighted by Gasteiger charge is -2.39. The zero-order valence-corrected chi connectivity index (χ0v) is 11.5. The van der Waals surface area contributed by atoms with Crippen molar-refractivity contribution in [1.29, 1.82) is 0 Å². The van der Waals surface area contributed by atoms with E-state index in [0.717, 1.165) is 24.7 Å². The van der Waals surface area contributed by atoms with E-state index in [9.17, 15) is 4.79 Å². The Labute approximate surface area is 105 Å². The van der Waals surface area contributed by atoms with Gasteiger partial charge in [-0.2, -0.15) is 0 Å². The Hall–Kier alpha value is -0.530. The van der Waals surface area contributed by atoms with Crippen molar-refractivity contribution in [2.75, 3.05) is 0 Å². The third-order valence-corrected chi connectivity index (χ3v) is 4.28. The number of rotatable bonds is 1. The standard InChI is InChI=1S/C15H26O2/c1-15(2,3)17-14(16)13-9-8-11-6-4-5-7-12(11)10-13/h11-13H,4-10H2,1-3H3. The molecule has 0 spiro atoms. The Morgan fingerprint density at radius 2 is 1.65 bits per heavy atom. The average Bonchev–Trinajstić information content (AvgIpc) is 2.26. The van der Waals surface area contributed by atoms with Gasteiger partial charge in [-0.25, -0.2) is 0 Å². The Balaban J connectivity index is 1.89. The van der Waals surface area contributed by atoms with Crippen LogP contribution in [0.15, 0.2) is 0 Å². The zero-order chi connectivity index (χ0) is 12.5. The number of hydrogen-bond acceptors (Lipinski definition) is 2. The lowest BCUT2D eigenvalue weighted by atomic mass is 9.67. The molecule has 0 saturated heterocycles. The number of fused-ring (bicyclic) bond motifs is 1. The summed E-state index contributed by atoms with van der Waals surface area (Å²) in [6.07, 6.45) is 8.88. The summed E-state index contributed by atoms with van der Waals surface area (Å²) in [7, 11) is 0. The minimum absolute atomic E-state index is 0.0431. The highest BCUT2D eigenvalue weighted by Crippen LogP contribution is 2.43. The third kappa shape index (κ3) is 3.46. The molecule has 0 aromatic carbocycles. The normalized spacial score (nSPS) is 33.9. The van der Waals surface area contributed by atoms with E-state index in [1.165, 1.54) is 32.1 Å². The predicted octanol–water partition coefficient (Wildman–Crippen LogP) is 3.93. The van der Waals surface area contributed by atoms with Crippen LogP contribution < -0.4 is 0 Å². The first-order valence-corrected chi connectivity index (χ1v) is 7.18. The third-order valence-electron chi connectivity index (χ3n) is 4.28. The second-order valence-electron chi connectivity index (χ2n) is 6.85. The van der Waals surface area contributed by atoms with Gasteiger partial charge in [0.2, 0.25) is 0 Å². The van der Waals surface area contributed by atoms with Crippen LogP contribution in [0.2, 0.25) is 0 Å². The van der Waals surface area contributed by atoms with E-state index in [4.69, 9.17) is 4.74 Å². The van der Waals surface area contributed by atoms with Crippen LogP contribution in [0.1, 0.15) is 65.7 Å². The summed E-state index contributed by atoms with van der Waals surface area (Å²) in [6.45, 7) is 5.87. The molecule has 0 N–H and O–H groups in total. The van der Waals surface area contributed by atoms with Gasteiger partial charge in [-0.05, 0) is 51.9 Å². The predicted molar refractivity (Wildman–Crippen MR) is 68.6 cm³/mol. The summed E-state index contributed by atoms with van der Waals surface area (Å²) in [5.41, 5.74) is -0.333. The fraction of sp³-hybridized carbons (Fsp3) is 0.933. The molecule has 0 aromatic rings. The quantitative estimate of drug-likeness (QED) is 0.647. The Bertz CT molecular complexity index is 277. The van der Waals surface area contributed by atoms with E-state index in [1.807, 2.05) is 20.8 Å². The van der Waals surface area contributed by atoms with Crippen LogP contribution in [-0.2, 0) is 9.53 Å². The summed E-state index contributed by atoms with van der Waals surface area (Å²) >= 11 is 0. The first-order valence-electron chi connectivity index (χ1n) is 7.18. The number of esters is 1. The molecule has 2 rings (SSSR count). The van der Waals surface area contributed by atoms with Crippen LogP contribution >= 0.6 is 0 Å². The Morgan fingerprint density at radius 3 is 2.29 bits per heavy atom.